The zero-order chi connectivity index (χ0) is 16.4. The lowest BCUT2D eigenvalue weighted by Crippen LogP contribution is -2.36. The maximum atomic E-state index is 12.2. The van der Waals surface area contributed by atoms with E-state index in [9.17, 15) is 4.79 Å². The van der Waals surface area contributed by atoms with Gasteiger partial charge in [0.05, 0.1) is 0 Å². The van der Waals surface area contributed by atoms with Gasteiger partial charge in [-0.3, -0.25) is 4.79 Å². The molecule has 4 heteroatoms. The molecule has 3 nitrogen and oxygen atoms in total. The minimum Gasteiger partial charge on any atom is -0.468 e. The molecule has 1 aromatic rings. The number of methoxy groups -OCH3 is 1. The predicted octanol–water partition coefficient (Wildman–Crippen LogP) is 4.52. The van der Waals surface area contributed by atoms with E-state index in [1.165, 1.54) is 16.7 Å². The van der Waals surface area contributed by atoms with Gasteiger partial charge in [0.2, 0.25) is 0 Å². The molecule has 0 fully saturated rings. The van der Waals surface area contributed by atoms with Gasteiger partial charge in [-0.2, -0.15) is 0 Å². The lowest BCUT2D eigenvalue weighted by Gasteiger charge is -2.41. The van der Waals surface area contributed by atoms with Gasteiger partial charge < -0.3 is 9.47 Å². The number of benzene rings is 1. The summed E-state index contributed by atoms with van der Waals surface area (Å²) >= 11 is 3.90. The third-order valence-corrected chi connectivity index (χ3v) is 6.22. The topological polar surface area (TPSA) is 35.5 Å². The van der Waals surface area contributed by atoms with Crippen LogP contribution in [-0.4, -0.2) is 24.5 Å². The second-order valence-electron chi connectivity index (χ2n) is 6.50. The normalized spacial score (nSPS) is 25.8. The number of hydrogen-bond donors (Lipinski definition) is 0. The van der Waals surface area contributed by atoms with Crippen LogP contribution in [0.4, 0.5) is 0 Å². The van der Waals surface area contributed by atoms with Crippen molar-refractivity contribution in [3.63, 3.8) is 0 Å². The Hall–Kier alpha value is -1.13. The number of carbonyl (C=O) groups is 1. The molecule has 0 aromatic heterocycles. The van der Waals surface area contributed by atoms with Crippen molar-refractivity contribution in [2.24, 2.45) is 5.41 Å². The van der Waals surface area contributed by atoms with Crippen molar-refractivity contribution in [2.75, 3.05) is 13.9 Å². The lowest BCUT2D eigenvalue weighted by molar-refractivity contribution is -0.115. The summed E-state index contributed by atoms with van der Waals surface area (Å²) in [5.41, 5.74) is 3.65. The molecular weight excluding hydrogens is 356 g/mol. The quantitative estimate of drug-likeness (QED) is 0.539. The minimum absolute atomic E-state index is 0.0327. The van der Waals surface area contributed by atoms with Crippen LogP contribution in [0.15, 0.2) is 24.3 Å². The molecule has 23 heavy (non-hydrogen) atoms. The lowest BCUT2D eigenvalue weighted by atomic mass is 9.66. The number of hydrogen-bond acceptors (Lipinski definition) is 3. The summed E-state index contributed by atoms with van der Waals surface area (Å²) < 4.78 is 10.5. The first kappa shape index (κ1) is 16.7. The van der Waals surface area contributed by atoms with Crippen molar-refractivity contribution in [1.82, 2.24) is 0 Å². The van der Waals surface area contributed by atoms with Crippen LogP contribution in [0.1, 0.15) is 43.7 Å². The molecule has 2 unspecified atom stereocenters. The molecule has 0 saturated carbocycles. The molecule has 0 amide bonds. The average Bonchev–Trinajstić information content (AvgIpc) is 2.89. The number of rotatable bonds is 6. The first-order chi connectivity index (χ1) is 11.1. The Morgan fingerprint density at radius 1 is 1.39 bits per heavy atom. The fraction of sp³-hybridized carbons (Fsp3) is 0.526. The maximum Gasteiger partial charge on any atom is 0.188 e. The van der Waals surface area contributed by atoms with Crippen molar-refractivity contribution in [3.05, 3.63) is 35.4 Å². The molecule has 0 saturated heterocycles. The third-order valence-electron chi connectivity index (χ3n) is 5.02. The Kier molecular flexibility index (Phi) is 4.93. The first-order valence-corrected chi connectivity index (χ1v) is 9.16. The SMILES string of the molecule is CCCCC12CC(=O)C=C1c1ccc(OCOC)cc1CC2Br. The molecule has 0 radical (unpaired) electrons. The van der Waals surface area contributed by atoms with Crippen LogP contribution in [0, 0.1) is 5.41 Å². The minimum atomic E-state index is -0.0327. The van der Waals surface area contributed by atoms with E-state index in [0.29, 0.717) is 11.2 Å². The van der Waals surface area contributed by atoms with E-state index < -0.39 is 0 Å². The fourth-order valence-electron chi connectivity index (χ4n) is 3.87. The van der Waals surface area contributed by atoms with E-state index in [1.807, 2.05) is 12.1 Å². The van der Waals surface area contributed by atoms with Crippen molar-refractivity contribution in [3.8, 4) is 5.75 Å². The number of alkyl halides is 1. The van der Waals surface area contributed by atoms with E-state index in [2.05, 4.69) is 35.0 Å². The molecule has 0 aliphatic heterocycles. The Morgan fingerprint density at radius 2 is 2.22 bits per heavy atom. The van der Waals surface area contributed by atoms with Gasteiger partial charge in [0.25, 0.3) is 0 Å². The van der Waals surface area contributed by atoms with E-state index in [0.717, 1.165) is 31.4 Å². The highest BCUT2D eigenvalue weighted by atomic mass is 79.9. The molecular formula is C19H23BrO3. The molecule has 2 atom stereocenters. The molecule has 0 spiro atoms. The van der Waals surface area contributed by atoms with Crippen LogP contribution in [0.5, 0.6) is 5.75 Å². The molecule has 124 valence electrons. The van der Waals surface area contributed by atoms with E-state index in [1.54, 1.807) is 7.11 Å². The molecule has 2 aliphatic carbocycles. The summed E-state index contributed by atoms with van der Waals surface area (Å²) in [5, 5.41) is 0. The van der Waals surface area contributed by atoms with Crippen LogP contribution in [-0.2, 0) is 16.0 Å². The van der Waals surface area contributed by atoms with Gasteiger partial charge in [0, 0.05) is 23.8 Å². The number of ether oxygens (including phenoxy) is 2. The van der Waals surface area contributed by atoms with Gasteiger partial charge in [-0.15, -0.1) is 0 Å². The summed E-state index contributed by atoms with van der Waals surface area (Å²) in [4.78, 5) is 12.5. The zero-order valence-electron chi connectivity index (χ0n) is 13.7. The number of unbranched alkanes of at least 4 members (excludes halogenated alkanes) is 1. The van der Waals surface area contributed by atoms with Crippen molar-refractivity contribution >= 4 is 27.3 Å². The fourth-order valence-corrected chi connectivity index (χ4v) is 4.85. The van der Waals surface area contributed by atoms with Crippen LogP contribution < -0.4 is 4.74 Å². The summed E-state index contributed by atoms with van der Waals surface area (Å²) in [6.45, 7) is 2.45. The Bertz CT molecular complexity index is 638. The van der Waals surface area contributed by atoms with Crippen LogP contribution in [0.25, 0.3) is 5.57 Å². The van der Waals surface area contributed by atoms with Crippen LogP contribution in [0.2, 0.25) is 0 Å². The second-order valence-corrected chi connectivity index (χ2v) is 7.61. The highest BCUT2D eigenvalue weighted by molar-refractivity contribution is 9.09. The van der Waals surface area contributed by atoms with Gasteiger partial charge in [-0.25, -0.2) is 0 Å². The highest BCUT2D eigenvalue weighted by Gasteiger charge is 2.49. The second kappa shape index (κ2) is 6.78. The van der Waals surface area contributed by atoms with Crippen molar-refractivity contribution in [2.45, 2.75) is 43.9 Å². The molecule has 2 aliphatic rings. The van der Waals surface area contributed by atoms with E-state index >= 15 is 0 Å². The predicted molar refractivity (Wildman–Crippen MR) is 94.9 cm³/mol. The summed E-state index contributed by atoms with van der Waals surface area (Å²) in [6.07, 6.45) is 6.81. The molecule has 0 bridgehead atoms. The number of allylic oxidation sites excluding steroid dienone is 2. The van der Waals surface area contributed by atoms with Gasteiger partial charge in [0.15, 0.2) is 12.6 Å². The van der Waals surface area contributed by atoms with E-state index in [4.69, 9.17) is 9.47 Å². The Balaban J connectivity index is 1.98. The van der Waals surface area contributed by atoms with Gasteiger partial charge in [-0.05, 0) is 47.8 Å². The number of halogens is 1. The zero-order valence-corrected chi connectivity index (χ0v) is 15.3. The van der Waals surface area contributed by atoms with Crippen molar-refractivity contribution in [1.29, 1.82) is 0 Å². The van der Waals surface area contributed by atoms with E-state index in [-0.39, 0.29) is 18.0 Å². The summed E-state index contributed by atoms with van der Waals surface area (Å²) in [6, 6.07) is 6.15. The Labute approximate surface area is 146 Å². The monoisotopic (exact) mass is 378 g/mol. The van der Waals surface area contributed by atoms with Crippen molar-refractivity contribution < 1.29 is 14.3 Å². The van der Waals surface area contributed by atoms with Gasteiger partial charge in [0.1, 0.15) is 5.75 Å². The molecule has 3 rings (SSSR count). The van der Waals surface area contributed by atoms with Crippen LogP contribution in [0.3, 0.4) is 0 Å². The average molecular weight is 379 g/mol. The molecule has 1 aromatic carbocycles. The molecule has 0 heterocycles. The van der Waals surface area contributed by atoms with Crippen LogP contribution >= 0.6 is 15.9 Å². The first-order valence-electron chi connectivity index (χ1n) is 8.25. The summed E-state index contributed by atoms with van der Waals surface area (Å²) in [5.74, 6) is 1.07. The highest BCUT2D eigenvalue weighted by Crippen LogP contribution is 2.56. The summed E-state index contributed by atoms with van der Waals surface area (Å²) in [7, 11) is 1.62. The number of carbonyl (C=O) groups excluding carboxylic acids is 1. The third kappa shape index (κ3) is 2.99. The smallest absolute Gasteiger partial charge is 0.188 e. The number of fused-ring (bicyclic) bond motifs is 3. The van der Waals surface area contributed by atoms with Gasteiger partial charge in [-0.1, -0.05) is 41.8 Å². The maximum absolute atomic E-state index is 12.2. The largest absolute Gasteiger partial charge is 0.468 e. The Morgan fingerprint density at radius 3 is 2.96 bits per heavy atom. The molecule has 0 N–H and O–H groups in total. The standard InChI is InChI=1S/C19H23BrO3/c1-3-4-7-19-11-14(21)10-17(19)16-6-5-15(23-12-22-2)8-13(16)9-18(19)20/h5-6,8,10,18H,3-4,7,9,11-12H2,1-2H3. The number of ketones is 1. The van der Waals surface area contributed by atoms with Gasteiger partial charge >= 0.3 is 0 Å².